The van der Waals surface area contributed by atoms with Crippen LogP contribution in [0.1, 0.15) is 45.6 Å². The van der Waals surface area contributed by atoms with Crippen LogP contribution in [0.3, 0.4) is 0 Å². The maximum atomic E-state index is 12.1. The lowest BCUT2D eigenvalue weighted by Crippen LogP contribution is -2.20. The van der Waals surface area contributed by atoms with Crippen LogP contribution in [0, 0.1) is 5.92 Å². The monoisotopic (exact) mass is 446 g/mol. The van der Waals surface area contributed by atoms with E-state index in [1.807, 2.05) is 32.0 Å². The van der Waals surface area contributed by atoms with E-state index in [-0.39, 0.29) is 24.3 Å². The maximum Gasteiger partial charge on any atom is 0.262 e. The van der Waals surface area contributed by atoms with Crippen LogP contribution in [0.4, 0.5) is 11.4 Å². The number of hydrogen-bond donors (Lipinski definition) is 2. The topological polar surface area (TPSA) is 67.4 Å². The quantitative estimate of drug-likeness (QED) is 0.556. The SMILES string of the molecule is CCC(C)c1ccc(OCC(=O)Nc2ccc(NC(=O)C(C)C)cc2)c(Br)c1. The van der Waals surface area contributed by atoms with E-state index < -0.39 is 0 Å². The molecule has 0 saturated heterocycles. The summed E-state index contributed by atoms with van der Waals surface area (Å²) < 4.78 is 6.46. The van der Waals surface area contributed by atoms with Gasteiger partial charge in [0.2, 0.25) is 5.91 Å². The molecule has 0 bridgehead atoms. The predicted octanol–water partition coefficient (Wildman–Crippen LogP) is 5.57. The van der Waals surface area contributed by atoms with Crippen LogP contribution < -0.4 is 15.4 Å². The minimum atomic E-state index is -0.253. The second-order valence-corrected chi connectivity index (χ2v) is 7.91. The van der Waals surface area contributed by atoms with Crippen LogP contribution in [-0.4, -0.2) is 18.4 Å². The summed E-state index contributed by atoms with van der Waals surface area (Å²) in [5.74, 6) is 0.720. The van der Waals surface area contributed by atoms with Gasteiger partial charge in [0.25, 0.3) is 5.91 Å². The van der Waals surface area contributed by atoms with Crippen LogP contribution in [-0.2, 0) is 9.59 Å². The molecule has 0 fully saturated rings. The van der Waals surface area contributed by atoms with Crippen molar-refractivity contribution in [3.8, 4) is 5.75 Å². The van der Waals surface area contributed by atoms with E-state index in [1.165, 1.54) is 5.56 Å². The lowest BCUT2D eigenvalue weighted by Gasteiger charge is -2.13. The molecule has 1 atom stereocenters. The Bertz CT molecular complexity index is 819. The Hall–Kier alpha value is -2.34. The molecule has 0 radical (unpaired) electrons. The Morgan fingerprint density at radius 1 is 1.00 bits per heavy atom. The Balaban J connectivity index is 1.88. The van der Waals surface area contributed by atoms with Gasteiger partial charge in [0.15, 0.2) is 6.61 Å². The largest absolute Gasteiger partial charge is 0.483 e. The number of halogens is 1. The van der Waals surface area contributed by atoms with E-state index in [1.54, 1.807) is 24.3 Å². The normalized spacial score (nSPS) is 11.8. The molecule has 2 N–H and O–H groups in total. The van der Waals surface area contributed by atoms with Gasteiger partial charge in [-0.05, 0) is 70.2 Å². The fourth-order valence-electron chi connectivity index (χ4n) is 2.44. The zero-order valence-corrected chi connectivity index (χ0v) is 18.3. The third-order valence-electron chi connectivity index (χ3n) is 4.46. The maximum absolute atomic E-state index is 12.1. The summed E-state index contributed by atoms with van der Waals surface area (Å²) in [6.45, 7) is 7.90. The molecule has 0 saturated carbocycles. The summed E-state index contributed by atoms with van der Waals surface area (Å²) in [7, 11) is 0. The first-order valence-corrected chi connectivity index (χ1v) is 10.2. The third-order valence-corrected chi connectivity index (χ3v) is 5.08. The first kappa shape index (κ1) is 22.0. The summed E-state index contributed by atoms with van der Waals surface area (Å²) in [5, 5.41) is 5.59. The molecule has 2 aromatic carbocycles. The van der Waals surface area contributed by atoms with E-state index in [4.69, 9.17) is 4.74 Å². The standard InChI is InChI=1S/C22H27BrN2O3/c1-5-15(4)16-6-11-20(19(23)12-16)28-13-21(26)24-17-7-9-18(10-8-17)25-22(27)14(2)3/h6-12,14-15H,5,13H2,1-4H3,(H,24,26)(H,25,27). The van der Waals surface area contributed by atoms with Crippen molar-refractivity contribution in [2.75, 3.05) is 17.2 Å². The minimum Gasteiger partial charge on any atom is -0.483 e. The molecule has 0 spiro atoms. The summed E-state index contributed by atoms with van der Waals surface area (Å²) >= 11 is 3.51. The predicted molar refractivity (Wildman–Crippen MR) is 117 cm³/mol. The molecule has 0 aromatic heterocycles. The fourth-order valence-corrected chi connectivity index (χ4v) is 2.95. The van der Waals surface area contributed by atoms with Crippen molar-refractivity contribution in [1.82, 2.24) is 0 Å². The summed E-state index contributed by atoms with van der Waals surface area (Å²) in [6, 6.07) is 12.9. The molecule has 2 aromatic rings. The van der Waals surface area contributed by atoms with E-state index in [9.17, 15) is 9.59 Å². The zero-order valence-electron chi connectivity index (χ0n) is 16.7. The van der Waals surface area contributed by atoms with Gasteiger partial charge in [-0.3, -0.25) is 9.59 Å². The van der Waals surface area contributed by atoms with Crippen molar-refractivity contribution < 1.29 is 14.3 Å². The number of hydrogen-bond acceptors (Lipinski definition) is 3. The first-order chi connectivity index (χ1) is 13.3. The van der Waals surface area contributed by atoms with Crippen LogP contribution >= 0.6 is 15.9 Å². The van der Waals surface area contributed by atoms with Crippen molar-refractivity contribution in [2.45, 2.75) is 40.0 Å². The van der Waals surface area contributed by atoms with Gasteiger partial charge >= 0.3 is 0 Å². The molecule has 0 aliphatic carbocycles. The van der Waals surface area contributed by atoms with Gasteiger partial charge < -0.3 is 15.4 Å². The van der Waals surface area contributed by atoms with E-state index in [2.05, 4.69) is 40.4 Å². The van der Waals surface area contributed by atoms with Gasteiger partial charge in [-0.25, -0.2) is 0 Å². The van der Waals surface area contributed by atoms with Gasteiger partial charge in [0, 0.05) is 17.3 Å². The summed E-state index contributed by atoms with van der Waals surface area (Å²) in [6.07, 6.45) is 1.06. The highest BCUT2D eigenvalue weighted by Gasteiger charge is 2.10. The Labute approximate surface area is 175 Å². The number of amides is 2. The molecular weight excluding hydrogens is 420 g/mol. The summed E-state index contributed by atoms with van der Waals surface area (Å²) in [5.41, 5.74) is 2.57. The molecule has 1 unspecified atom stereocenters. The van der Waals surface area contributed by atoms with Gasteiger partial charge in [-0.15, -0.1) is 0 Å². The molecule has 5 nitrogen and oxygen atoms in total. The Kier molecular flexibility index (Phi) is 8.05. The second-order valence-electron chi connectivity index (χ2n) is 7.06. The van der Waals surface area contributed by atoms with Crippen LogP contribution in [0.15, 0.2) is 46.9 Å². The molecule has 6 heteroatoms. The fraction of sp³-hybridized carbons (Fsp3) is 0.364. The zero-order chi connectivity index (χ0) is 20.7. The van der Waals surface area contributed by atoms with Crippen molar-refractivity contribution in [3.63, 3.8) is 0 Å². The Morgan fingerprint density at radius 2 is 1.61 bits per heavy atom. The molecule has 0 heterocycles. The molecule has 0 aliphatic heterocycles. The number of ether oxygens (including phenoxy) is 1. The van der Waals surface area contributed by atoms with E-state index in [0.29, 0.717) is 23.0 Å². The van der Waals surface area contributed by atoms with E-state index in [0.717, 1.165) is 10.9 Å². The lowest BCUT2D eigenvalue weighted by molar-refractivity contribution is -0.119. The molecule has 2 amide bonds. The minimum absolute atomic E-state index is 0.0462. The highest BCUT2D eigenvalue weighted by atomic mass is 79.9. The summed E-state index contributed by atoms with van der Waals surface area (Å²) in [4.78, 5) is 23.8. The van der Waals surface area contributed by atoms with Crippen molar-refractivity contribution in [3.05, 3.63) is 52.5 Å². The average molecular weight is 447 g/mol. The van der Waals surface area contributed by atoms with Crippen LogP contribution in [0.5, 0.6) is 5.75 Å². The molecule has 150 valence electrons. The number of carbonyl (C=O) groups is 2. The highest BCUT2D eigenvalue weighted by Crippen LogP contribution is 2.30. The smallest absolute Gasteiger partial charge is 0.262 e. The van der Waals surface area contributed by atoms with Crippen molar-refractivity contribution in [1.29, 1.82) is 0 Å². The number of rotatable bonds is 8. The van der Waals surface area contributed by atoms with Crippen LogP contribution in [0.2, 0.25) is 0 Å². The number of carbonyl (C=O) groups excluding carboxylic acids is 2. The van der Waals surface area contributed by atoms with Gasteiger partial charge in [0.1, 0.15) is 5.75 Å². The average Bonchev–Trinajstić information content (AvgIpc) is 2.67. The lowest BCUT2D eigenvalue weighted by atomic mass is 9.99. The molecule has 28 heavy (non-hydrogen) atoms. The van der Waals surface area contributed by atoms with Crippen molar-refractivity contribution in [2.24, 2.45) is 5.92 Å². The third kappa shape index (κ3) is 6.37. The first-order valence-electron chi connectivity index (χ1n) is 9.43. The van der Waals surface area contributed by atoms with E-state index >= 15 is 0 Å². The Morgan fingerprint density at radius 3 is 2.14 bits per heavy atom. The van der Waals surface area contributed by atoms with Crippen molar-refractivity contribution >= 4 is 39.1 Å². The molecule has 0 aliphatic rings. The molecule has 2 rings (SSSR count). The second kappa shape index (κ2) is 10.3. The number of benzene rings is 2. The van der Waals surface area contributed by atoms with Crippen LogP contribution in [0.25, 0.3) is 0 Å². The highest BCUT2D eigenvalue weighted by molar-refractivity contribution is 9.10. The van der Waals surface area contributed by atoms with Gasteiger partial charge in [-0.1, -0.05) is 33.8 Å². The number of nitrogens with one attached hydrogen (secondary N) is 2. The molecular formula is C22H27BrN2O3. The van der Waals surface area contributed by atoms with Gasteiger partial charge in [-0.2, -0.15) is 0 Å². The number of anilines is 2. The van der Waals surface area contributed by atoms with Gasteiger partial charge in [0.05, 0.1) is 4.47 Å².